The summed E-state index contributed by atoms with van der Waals surface area (Å²) >= 11 is 0. The van der Waals surface area contributed by atoms with Gasteiger partial charge in [-0.3, -0.25) is 9.59 Å². The number of hydrogen-bond donors (Lipinski definition) is 2. The molecule has 2 heterocycles. The molecule has 1 aromatic heterocycles. The minimum atomic E-state index is -0.237. The van der Waals surface area contributed by atoms with Crippen molar-refractivity contribution in [1.29, 1.82) is 0 Å². The molecule has 0 saturated heterocycles. The van der Waals surface area contributed by atoms with Crippen LogP contribution in [0.5, 0.6) is 0 Å². The summed E-state index contributed by atoms with van der Waals surface area (Å²) in [6, 6.07) is 12.0. The Labute approximate surface area is 183 Å². The summed E-state index contributed by atoms with van der Waals surface area (Å²) in [4.78, 5) is 26.8. The summed E-state index contributed by atoms with van der Waals surface area (Å²) in [5.74, 6) is -0.460. The molecule has 0 fully saturated rings. The number of nitrogens with one attached hydrogen (secondary N) is 2. The molecular weight excluding hydrogens is 386 g/mol. The number of rotatable bonds is 4. The number of aryl methyl sites for hydroxylation is 4. The lowest BCUT2D eigenvalue weighted by atomic mass is 10.0. The standard InChI is InChI=1S/C26H29N3O2/c1-15-8-10-17(3)20(13-15)27-25(30)23-19(5)29-12-6-7-22(29)24(23)26(31)28-21-14-16(2)9-11-18(21)4/h8-11,13-14H,6-7,12H2,1-5H3,(H,27,30)(H,28,31). The van der Waals surface area contributed by atoms with E-state index in [2.05, 4.69) is 15.2 Å². The van der Waals surface area contributed by atoms with Crippen molar-refractivity contribution in [3.05, 3.63) is 81.2 Å². The molecule has 160 valence electrons. The number of carbonyl (C=O) groups excluding carboxylic acids is 2. The molecular formula is C26H29N3O2. The molecule has 2 N–H and O–H groups in total. The van der Waals surface area contributed by atoms with E-state index in [0.717, 1.165) is 64.4 Å². The van der Waals surface area contributed by atoms with Crippen molar-refractivity contribution in [2.45, 2.75) is 54.0 Å². The van der Waals surface area contributed by atoms with Crippen molar-refractivity contribution >= 4 is 23.2 Å². The van der Waals surface area contributed by atoms with Crippen LogP contribution in [-0.2, 0) is 13.0 Å². The van der Waals surface area contributed by atoms with E-state index < -0.39 is 0 Å². The second-order valence-electron chi connectivity index (χ2n) is 8.58. The molecule has 1 aliphatic rings. The Hall–Kier alpha value is -3.34. The quantitative estimate of drug-likeness (QED) is 0.593. The molecule has 1 aliphatic heterocycles. The molecule has 0 aliphatic carbocycles. The zero-order valence-electron chi connectivity index (χ0n) is 18.8. The van der Waals surface area contributed by atoms with Crippen molar-refractivity contribution in [3.63, 3.8) is 0 Å². The second-order valence-corrected chi connectivity index (χ2v) is 8.58. The van der Waals surface area contributed by atoms with Crippen molar-refractivity contribution in [3.8, 4) is 0 Å². The molecule has 0 atom stereocenters. The van der Waals surface area contributed by atoms with E-state index in [-0.39, 0.29) is 11.8 Å². The molecule has 31 heavy (non-hydrogen) atoms. The highest BCUT2D eigenvalue weighted by Crippen LogP contribution is 2.31. The van der Waals surface area contributed by atoms with Gasteiger partial charge in [-0.05, 0) is 81.8 Å². The van der Waals surface area contributed by atoms with Gasteiger partial charge >= 0.3 is 0 Å². The Morgan fingerprint density at radius 3 is 1.84 bits per heavy atom. The summed E-state index contributed by atoms with van der Waals surface area (Å²) < 4.78 is 2.12. The maximum atomic E-state index is 13.4. The maximum Gasteiger partial charge on any atom is 0.258 e. The van der Waals surface area contributed by atoms with Crippen LogP contribution in [0.15, 0.2) is 36.4 Å². The van der Waals surface area contributed by atoms with Crippen LogP contribution in [-0.4, -0.2) is 16.4 Å². The molecule has 0 spiro atoms. The molecule has 5 heteroatoms. The monoisotopic (exact) mass is 415 g/mol. The first-order valence-corrected chi connectivity index (χ1v) is 10.8. The Balaban J connectivity index is 1.73. The zero-order chi connectivity index (χ0) is 22.3. The third-order valence-corrected chi connectivity index (χ3v) is 6.16. The largest absolute Gasteiger partial charge is 0.347 e. The topological polar surface area (TPSA) is 63.1 Å². The van der Waals surface area contributed by atoms with Crippen LogP contribution in [0, 0.1) is 34.6 Å². The van der Waals surface area contributed by atoms with Crippen LogP contribution in [0.25, 0.3) is 0 Å². The molecule has 2 amide bonds. The van der Waals surface area contributed by atoms with Crippen molar-refractivity contribution in [1.82, 2.24) is 4.57 Å². The summed E-state index contributed by atoms with van der Waals surface area (Å²) in [6.07, 6.45) is 1.78. The van der Waals surface area contributed by atoms with Crippen LogP contribution in [0.3, 0.4) is 0 Å². The maximum absolute atomic E-state index is 13.4. The number of aromatic nitrogens is 1. The molecule has 3 aromatic rings. The molecule has 0 saturated carbocycles. The van der Waals surface area contributed by atoms with E-state index in [1.165, 1.54) is 0 Å². The molecule has 0 unspecified atom stereocenters. The molecule has 0 radical (unpaired) electrons. The lowest BCUT2D eigenvalue weighted by Crippen LogP contribution is -2.21. The highest BCUT2D eigenvalue weighted by Gasteiger charge is 2.31. The summed E-state index contributed by atoms with van der Waals surface area (Å²) in [6.45, 7) is 10.7. The van der Waals surface area contributed by atoms with Gasteiger partial charge in [0.25, 0.3) is 11.8 Å². The van der Waals surface area contributed by atoms with E-state index in [9.17, 15) is 9.59 Å². The van der Waals surface area contributed by atoms with Crippen molar-refractivity contribution < 1.29 is 9.59 Å². The molecule has 2 aromatic carbocycles. The van der Waals surface area contributed by atoms with Crippen molar-refractivity contribution in [2.24, 2.45) is 0 Å². The smallest absolute Gasteiger partial charge is 0.258 e. The minimum absolute atomic E-state index is 0.224. The van der Waals surface area contributed by atoms with Gasteiger partial charge in [0.2, 0.25) is 0 Å². The fourth-order valence-corrected chi connectivity index (χ4v) is 4.40. The predicted octanol–water partition coefficient (Wildman–Crippen LogP) is 5.48. The molecule has 4 rings (SSSR count). The first-order valence-electron chi connectivity index (χ1n) is 10.8. The van der Waals surface area contributed by atoms with E-state index in [4.69, 9.17) is 0 Å². The first kappa shape index (κ1) is 20.9. The first-order chi connectivity index (χ1) is 14.8. The van der Waals surface area contributed by atoms with Gasteiger partial charge in [-0.25, -0.2) is 0 Å². The third-order valence-electron chi connectivity index (χ3n) is 6.16. The minimum Gasteiger partial charge on any atom is -0.347 e. The zero-order valence-corrected chi connectivity index (χ0v) is 18.8. The van der Waals surface area contributed by atoms with Gasteiger partial charge in [0.15, 0.2) is 0 Å². The second kappa shape index (κ2) is 8.06. The van der Waals surface area contributed by atoms with Crippen molar-refractivity contribution in [2.75, 3.05) is 10.6 Å². The summed E-state index contributed by atoms with van der Waals surface area (Å²) in [5.41, 5.74) is 8.46. The number of benzene rings is 2. The predicted molar refractivity (Wildman–Crippen MR) is 125 cm³/mol. The molecule has 5 nitrogen and oxygen atoms in total. The van der Waals surface area contributed by atoms with Gasteiger partial charge in [0.1, 0.15) is 0 Å². The van der Waals surface area contributed by atoms with Gasteiger partial charge in [-0.15, -0.1) is 0 Å². The van der Waals surface area contributed by atoms with Crippen LogP contribution >= 0.6 is 0 Å². The van der Waals surface area contributed by atoms with Gasteiger partial charge in [0, 0.05) is 29.3 Å². The SMILES string of the molecule is Cc1ccc(C)c(NC(=O)c2c(C(=O)Nc3cc(C)ccc3C)c3n(c2C)CCC3)c1. The fraction of sp³-hybridized carbons (Fsp3) is 0.308. The van der Waals surface area contributed by atoms with Gasteiger partial charge in [0.05, 0.1) is 11.1 Å². The van der Waals surface area contributed by atoms with Crippen LogP contribution < -0.4 is 10.6 Å². The van der Waals surface area contributed by atoms with E-state index in [1.807, 2.05) is 71.0 Å². The Bertz CT molecular complexity index is 1200. The third kappa shape index (κ3) is 3.88. The van der Waals surface area contributed by atoms with Crippen LogP contribution in [0.4, 0.5) is 11.4 Å². The van der Waals surface area contributed by atoms with E-state index in [0.29, 0.717) is 11.1 Å². The Kier molecular flexibility index (Phi) is 5.44. The number of carbonyl (C=O) groups is 2. The van der Waals surface area contributed by atoms with Gasteiger partial charge < -0.3 is 15.2 Å². The van der Waals surface area contributed by atoms with Crippen LogP contribution in [0.1, 0.15) is 60.8 Å². The van der Waals surface area contributed by atoms with Gasteiger partial charge in [-0.1, -0.05) is 24.3 Å². The number of hydrogen-bond acceptors (Lipinski definition) is 2. The summed E-state index contributed by atoms with van der Waals surface area (Å²) in [5, 5.41) is 6.10. The summed E-state index contributed by atoms with van der Waals surface area (Å²) in [7, 11) is 0. The number of anilines is 2. The fourth-order valence-electron chi connectivity index (χ4n) is 4.40. The van der Waals surface area contributed by atoms with E-state index in [1.54, 1.807) is 0 Å². The lowest BCUT2D eigenvalue weighted by Gasteiger charge is -2.13. The normalized spacial score (nSPS) is 12.5. The average Bonchev–Trinajstić information content (AvgIpc) is 3.29. The lowest BCUT2D eigenvalue weighted by molar-refractivity contribution is 0.0990. The average molecular weight is 416 g/mol. The highest BCUT2D eigenvalue weighted by molar-refractivity contribution is 6.17. The Morgan fingerprint density at radius 2 is 1.29 bits per heavy atom. The molecule has 0 bridgehead atoms. The van der Waals surface area contributed by atoms with Gasteiger partial charge in [-0.2, -0.15) is 0 Å². The number of amides is 2. The number of nitrogens with zero attached hydrogens (tertiary/aromatic N) is 1. The highest BCUT2D eigenvalue weighted by atomic mass is 16.2. The number of fused-ring (bicyclic) bond motifs is 1. The Morgan fingerprint density at radius 1 is 0.774 bits per heavy atom. The van der Waals surface area contributed by atoms with E-state index >= 15 is 0 Å². The van der Waals surface area contributed by atoms with Crippen LogP contribution in [0.2, 0.25) is 0 Å².